The minimum absolute atomic E-state index is 0.147. The van der Waals surface area contributed by atoms with Crippen LogP contribution in [0.1, 0.15) is 91.6 Å². The number of aromatic nitrogens is 2. The maximum Gasteiger partial charge on any atom is 0.129 e. The minimum atomic E-state index is 0.147. The molecule has 3 rings (SSSR count). The minimum Gasteiger partial charge on any atom is -0.370 e. The van der Waals surface area contributed by atoms with Crippen LogP contribution in [0.25, 0.3) is 0 Å². The van der Waals surface area contributed by atoms with Gasteiger partial charge in [-0.25, -0.2) is 4.98 Å². The van der Waals surface area contributed by atoms with E-state index in [2.05, 4.69) is 62.0 Å². The van der Waals surface area contributed by atoms with Crippen LogP contribution in [-0.4, -0.2) is 16.5 Å². The van der Waals surface area contributed by atoms with Crippen LogP contribution in [0.3, 0.4) is 0 Å². The third-order valence-electron chi connectivity index (χ3n) is 3.94. The number of hydrogen-bond donors (Lipinski definition) is 1. The summed E-state index contributed by atoms with van der Waals surface area (Å²) in [5, 5.41) is 3.36. The smallest absolute Gasteiger partial charge is 0.129 e. The first-order valence-corrected chi connectivity index (χ1v) is 10.5. The van der Waals surface area contributed by atoms with Crippen molar-refractivity contribution in [2.45, 2.75) is 86.5 Å². The van der Waals surface area contributed by atoms with Crippen LogP contribution >= 0.6 is 0 Å². The van der Waals surface area contributed by atoms with E-state index in [0.29, 0.717) is 5.92 Å². The first-order chi connectivity index (χ1) is 12.9. The van der Waals surface area contributed by atoms with E-state index in [1.54, 1.807) is 0 Å². The molecule has 0 radical (unpaired) electrons. The molecule has 1 aliphatic heterocycles. The largest absolute Gasteiger partial charge is 0.370 e. The molecule has 0 fully saturated rings. The zero-order chi connectivity index (χ0) is 20.9. The van der Waals surface area contributed by atoms with E-state index in [1.165, 1.54) is 24.1 Å². The maximum atomic E-state index is 4.67. The highest BCUT2D eigenvalue weighted by molar-refractivity contribution is 5.47. The van der Waals surface area contributed by atoms with Crippen LogP contribution in [-0.2, 0) is 11.8 Å². The van der Waals surface area contributed by atoms with Gasteiger partial charge in [0.1, 0.15) is 5.82 Å². The summed E-state index contributed by atoms with van der Waals surface area (Å²) in [4.78, 5) is 8.85. The van der Waals surface area contributed by atoms with E-state index >= 15 is 0 Å². The van der Waals surface area contributed by atoms with E-state index in [-0.39, 0.29) is 5.41 Å². The summed E-state index contributed by atoms with van der Waals surface area (Å²) >= 11 is 0. The molecule has 0 unspecified atom stereocenters. The van der Waals surface area contributed by atoms with Crippen molar-refractivity contribution in [3.8, 4) is 0 Å². The monoisotopic (exact) mass is 371 g/mol. The van der Waals surface area contributed by atoms with Gasteiger partial charge < -0.3 is 5.32 Å². The zero-order valence-electron chi connectivity index (χ0n) is 19.1. The molecule has 1 N–H and O–H groups in total. The second-order valence-corrected chi connectivity index (χ2v) is 7.39. The van der Waals surface area contributed by atoms with Gasteiger partial charge in [0, 0.05) is 29.5 Å². The number of rotatable bonds is 1. The number of anilines is 1. The Hall–Kier alpha value is -1.90. The van der Waals surface area contributed by atoms with Crippen LogP contribution in [0, 0.1) is 0 Å². The molecule has 27 heavy (non-hydrogen) atoms. The van der Waals surface area contributed by atoms with Gasteiger partial charge >= 0.3 is 0 Å². The Morgan fingerprint density at radius 3 is 2.11 bits per heavy atom. The SMILES string of the molecule is CC.CC.CC(C)(C)c1ccc2c(n1)NCCC2.CC(C)c1ccccn1. The fraction of sp³-hybridized carbons (Fsp3) is 0.583. The lowest BCUT2D eigenvalue weighted by Crippen LogP contribution is -2.18. The van der Waals surface area contributed by atoms with Crippen molar-refractivity contribution >= 4 is 5.82 Å². The van der Waals surface area contributed by atoms with Crippen molar-refractivity contribution in [1.29, 1.82) is 0 Å². The average molecular weight is 372 g/mol. The van der Waals surface area contributed by atoms with Crippen molar-refractivity contribution in [3.05, 3.63) is 53.5 Å². The number of nitrogens with zero attached hydrogens (tertiary/aromatic N) is 2. The van der Waals surface area contributed by atoms with E-state index in [9.17, 15) is 0 Å². The Morgan fingerprint density at radius 1 is 0.963 bits per heavy atom. The van der Waals surface area contributed by atoms with Gasteiger partial charge in [0.05, 0.1) is 0 Å². The fourth-order valence-electron chi connectivity index (χ4n) is 2.46. The normalized spacial score (nSPS) is 12.1. The lowest BCUT2D eigenvalue weighted by molar-refractivity contribution is 0.568. The highest BCUT2D eigenvalue weighted by Crippen LogP contribution is 2.25. The van der Waals surface area contributed by atoms with E-state index in [4.69, 9.17) is 0 Å². The molecule has 1 aliphatic rings. The summed E-state index contributed by atoms with van der Waals surface area (Å²) in [5.74, 6) is 1.65. The Morgan fingerprint density at radius 2 is 1.63 bits per heavy atom. The predicted molar refractivity (Wildman–Crippen MR) is 121 cm³/mol. The first kappa shape index (κ1) is 25.1. The number of pyridine rings is 2. The fourth-order valence-corrected chi connectivity index (χ4v) is 2.46. The van der Waals surface area contributed by atoms with Crippen LogP contribution < -0.4 is 5.32 Å². The summed E-state index contributed by atoms with van der Waals surface area (Å²) in [6.07, 6.45) is 4.22. The van der Waals surface area contributed by atoms with Gasteiger partial charge in [-0.15, -0.1) is 0 Å². The second-order valence-electron chi connectivity index (χ2n) is 7.39. The maximum absolute atomic E-state index is 4.67. The van der Waals surface area contributed by atoms with Gasteiger partial charge in [-0.05, 0) is 42.5 Å². The van der Waals surface area contributed by atoms with E-state index < -0.39 is 0 Å². The molecule has 0 atom stereocenters. The standard InChI is InChI=1S/C12H18N2.C8H11N.2C2H6/c1-12(2,3)10-7-6-9-5-4-8-13-11(9)14-10;1-7(2)8-5-3-4-6-9-8;2*1-2/h6-7H,4-5,8H2,1-3H3,(H,13,14);3-7H,1-2H3;2*1-2H3. The molecule has 0 amide bonds. The average Bonchev–Trinajstić information content (AvgIpc) is 2.71. The molecule has 3 nitrogen and oxygen atoms in total. The molecule has 3 heteroatoms. The van der Waals surface area contributed by atoms with Gasteiger partial charge in [0.15, 0.2) is 0 Å². The molecule has 0 saturated carbocycles. The summed E-state index contributed by atoms with van der Waals surface area (Å²) in [7, 11) is 0. The van der Waals surface area contributed by atoms with Crippen molar-refractivity contribution in [2.24, 2.45) is 0 Å². The molecule has 3 heterocycles. The quantitative estimate of drug-likeness (QED) is 0.586. The third-order valence-corrected chi connectivity index (χ3v) is 3.94. The topological polar surface area (TPSA) is 37.8 Å². The molecule has 0 aliphatic carbocycles. The predicted octanol–water partition coefficient (Wildman–Crippen LogP) is 6.99. The second kappa shape index (κ2) is 13.3. The van der Waals surface area contributed by atoms with Crippen LogP contribution in [0.5, 0.6) is 0 Å². The Kier molecular flexibility index (Phi) is 12.4. The summed E-state index contributed by atoms with van der Waals surface area (Å²) < 4.78 is 0. The molecular weight excluding hydrogens is 330 g/mol. The van der Waals surface area contributed by atoms with Gasteiger partial charge in [0.2, 0.25) is 0 Å². The molecule has 2 aromatic rings. The van der Waals surface area contributed by atoms with Crippen molar-refractivity contribution in [2.75, 3.05) is 11.9 Å². The third kappa shape index (κ3) is 9.03. The Labute approximate surface area is 168 Å². The number of aryl methyl sites for hydroxylation is 1. The summed E-state index contributed by atoms with van der Waals surface area (Å²) in [5.41, 5.74) is 3.85. The number of fused-ring (bicyclic) bond motifs is 1. The van der Waals surface area contributed by atoms with Crippen molar-refractivity contribution in [3.63, 3.8) is 0 Å². The molecule has 0 spiro atoms. The van der Waals surface area contributed by atoms with Gasteiger partial charge in [0.25, 0.3) is 0 Å². The lowest BCUT2D eigenvalue weighted by atomic mass is 9.91. The summed E-state index contributed by atoms with van der Waals surface area (Å²) in [6.45, 7) is 19.9. The Balaban J connectivity index is 0.000000451. The van der Waals surface area contributed by atoms with E-state index in [0.717, 1.165) is 18.1 Å². The lowest BCUT2D eigenvalue weighted by Gasteiger charge is -2.22. The number of hydrogen-bond acceptors (Lipinski definition) is 3. The van der Waals surface area contributed by atoms with E-state index in [1.807, 2.05) is 52.1 Å². The van der Waals surface area contributed by atoms with Crippen molar-refractivity contribution in [1.82, 2.24) is 9.97 Å². The number of nitrogens with one attached hydrogen (secondary N) is 1. The molecule has 0 bridgehead atoms. The van der Waals surface area contributed by atoms with Gasteiger partial charge in [-0.2, -0.15) is 0 Å². The van der Waals surface area contributed by atoms with Gasteiger partial charge in [-0.1, -0.05) is 74.4 Å². The van der Waals surface area contributed by atoms with Crippen LogP contribution in [0.4, 0.5) is 5.82 Å². The van der Waals surface area contributed by atoms with Crippen LogP contribution in [0.2, 0.25) is 0 Å². The van der Waals surface area contributed by atoms with Crippen LogP contribution in [0.15, 0.2) is 36.5 Å². The molecule has 0 saturated heterocycles. The highest BCUT2D eigenvalue weighted by atomic mass is 15.0. The highest BCUT2D eigenvalue weighted by Gasteiger charge is 2.18. The Bertz CT molecular complexity index is 613. The first-order valence-electron chi connectivity index (χ1n) is 10.5. The van der Waals surface area contributed by atoms with Gasteiger partial charge in [-0.3, -0.25) is 4.98 Å². The zero-order valence-corrected chi connectivity index (χ0v) is 19.1. The molecular formula is C24H41N3. The molecule has 0 aromatic carbocycles. The summed E-state index contributed by atoms with van der Waals surface area (Å²) in [6, 6.07) is 10.4. The molecule has 152 valence electrons. The molecule has 2 aromatic heterocycles. The van der Waals surface area contributed by atoms with Crippen molar-refractivity contribution < 1.29 is 0 Å².